The summed E-state index contributed by atoms with van der Waals surface area (Å²) in [6.07, 6.45) is 2.17. The molecule has 2 N–H and O–H groups in total. The Morgan fingerprint density at radius 2 is 1.71 bits per heavy atom. The van der Waals surface area contributed by atoms with E-state index in [1.54, 1.807) is 36.4 Å². The van der Waals surface area contributed by atoms with Crippen LogP contribution < -0.4 is 25.1 Å². The van der Waals surface area contributed by atoms with E-state index >= 15 is 0 Å². The Labute approximate surface area is 198 Å². The van der Waals surface area contributed by atoms with E-state index in [2.05, 4.69) is 15.0 Å². The van der Waals surface area contributed by atoms with Crippen LogP contribution in [0.4, 0.5) is 0 Å². The van der Waals surface area contributed by atoms with Crippen molar-refractivity contribution in [1.82, 2.24) is 19.6 Å². The van der Waals surface area contributed by atoms with E-state index in [1.165, 1.54) is 32.2 Å². The number of methoxy groups -OCH3 is 2. The Hall–Kier alpha value is -3.44. The molecule has 1 amide bonds. The molecule has 182 valence electrons. The monoisotopic (exact) mass is 488 g/mol. The van der Waals surface area contributed by atoms with Crippen molar-refractivity contribution in [3.8, 4) is 11.5 Å². The fourth-order valence-corrected chi connectivity index (χ4v) is 4.16. The van der Waals surface area contributed by atoms with E-state index in [1.807, 2.05) is 0 Å². The number of rotatable bonds is 11. The summed E-state index contributed by atoms with van der Waals surface area (Å²) in [6, 6.07) is 10.3. The second-order valence-electron chi connectivity index (χ2n) is 7.63. The number of aryl methyl sites for hydroxylation is 1. The normalized spacial score (nSPS) is 11.4. The molecule has 1 heterocycles. The highest BCUT2D eigenvalue weighted by Crippen LogP contribution is 2.29. The number of sulfonamides is 1. The van der Waals surface area contributed by atoms with Gasteiger partial charge in [0.05, 0.1) is 37.2 Å². The van der Waals surface area contributed by atoms with Gasteiger partial charge in [-0.3, -0.25) is 14.2 Å². The summed E-state index contributed by atoms with van der Waals surface area (Å²) in [7, 11) is 1.07. The van der Waals surface area contributed by atoms with Gasteiger partial charge in [0.2, 0.25) is 15.9 Å². The third-order valence-electron chi connectivity index (χ3n) is 5.31. The summed E-state index contributed by atoms with van der Waals surface area (Å²) in [6.45, 7) is 0.676. The van der Waals surface area contributed by atoms with Crippen LogP contribution in [-0.2, 0) is 33.7 Å². The number of carbonyl (C=O) groups excluding carboxylic acids is 1. The molecule has 0 spiro atoms. The lowest BCUT2D eigenvalue weighted by atomic mass is 10.1. The summed E-state index contributed by atoms with van der Waals surface area (Å²) < 4.78 is 37.5. The van der Waals surface area contributed by atoms with Gasteiger partial charge in [0.1, 0.15) is 0 Å². The maximum Gasteiger partial charge on any atom is 0.261 e. The van der Waals surface area contributed by atoms with Crippen molar-refractivity contribution in [2.24, 2.45) is 0 Å². The number of benzene rings is 2. The quantitative estimate of drug-likeness (QED) is 0.419. The molecule has 2 aromatic carbocycles. The smallest absolute Gasteiger partial charge is 0.261 e. The van der Waals surface area contributed by atoms with Gasteiger partial charge < -0.3 is 14.8 Å². The lowest BCUT2D eigenvalue weighted by Crippen LogP contribution is -2.25. The fraction of sp³-hybridized carbons (Fsp3) is 0.348. The van der Waals surface area contributed by atoms with E-state index in [0.717, 1.165) is 5.56 Å². The van der Waals surface area contributed by atoms with E-state index in [9.17, 15) is 18.0 Å². The second-order valence-corrected chi connectivity index (χ2v) is 9.55. The second kappa shape index (κ2) is 11.1. The molecule has 3 aromatic rings. The van der Waals surface area contributed by atoms with E-state index in [-0.39, 0.29) is 23.6 Å². The highest BCUT2D eigenvalue weighted by molar-refractivity contribution is 7.88. The molecule has 1 aromatic heterocycles. The van der Waals surface area contributed by atoms with Gasteiger partial charge in [0, 0.05) is 25.6 Å². The molecule has 0 bridgehead atoms. The van der Waals surface area contributed by atoms with Crippen molar-refractivity contribution in [3.63, 3.8) is 0 Å². The molecule has 3 rings (SSSR count). The lowest BCUT2D eigenvalue weighted by Gasteiger charge is -2.11. The first kappa shape index (κ1) is 25.2. The van der Waals surface area contributed by atoms with Gasteiger partial charge >= 0.3 is 0 Å². The molecule has 0 atom stereocenters. The average Bonchev–Trinajstić information content (AvgIpc) is 2.84. The van der Waals surface area contributed by atoms with Gasteiger partial charge in [-0.15, -0.1) is 0 Å². The Balaban J connectivity index is 1.53. The summed E-state index contributed by atoms with van der Waals surface area (Å²) in [4.78, 5) is 29.3. The van der Waals surface area contributed by atoms with Crippen LogP contribution >= 0.6 is 0 Å². The lowest BCUT2D eigenvalue weighted by molar-refractivity contribution is -0.121. The van der Waals surface area contributed by atoms with Crippen molar-refractivity contribution in [1.29, 1.82) is 0 Å². The summed E-state index contributed by atoms with van der Waals surface area (Å²) >= 11 is 0. The molecule has 0 saturated heterocycles. The van der Waals surface area contributed by atoms with Crippen LogP contribution in [0.1, 0.15) is 24.0 Å². The Kier molecular flexibility index (Phi) is 8.24. The minimum absolute atomic E-state index is 0.0978. The molecule has 0 saturated carbocycles. The molecule has 10 nitrogen and oxygen atoms in total. The molecule has 0 fully saturated rings. The highest BCUT2D eigenvalue weighted by Gasteiger charge is 2.12. The van der Waals surface area contributed by atoms with Crippen LogP contribution in [0.25, 0.3) is 10.9 Å². The molecule has 0 unspecified atom stereocenters. The zero-order chi connectivity index (χ0) is 24.7. The van der Waals surface area contributed by atoms with Crippen LogP contribution in [0.2, 0.25) is 0 Å². The molecular weight excluding hydrogens is 460 g/mol. The fourth-order valence-electron chi connectivity index (χ4n) is 3.39. The van der Waals surface area contributed by atoms with Crippen LogP contribution in [-0.4, -0.2) is 45.1 Å². The average molecular weight is 489 g/mol. The number of fused-ring (bicyclic) bond motifs is 1. The third kappa shape index (κ3) is 6.33. The van der Waals surface area contributed by atoms with Crippen molar-refractivity contribution in [2.75, 3.05) is 21.3 Å². The van der Waals surface area contributed by atoms with Gasteiger partial charge in [-0.1, -0.05) is 24.3 Å². The van der Waals surface area contributed by atoms with E-state index in [0.29, 0.717) is 47.5 Å². The van der Waals surface area contributed by atoms with Crippen molar-refractivity contribution in [2.45, 2.75) is 31.7 Å². The minimum Gasteiger partial charge on any atom is -0.493 e. The minimum atomic E-state index is -3.33. The van der Waals surface area contributed by atoms with Crippen LogP contribution in [0.15, 0.2) is 47.5 Å². The molecule has 0 aliphatic carbocycles. The standard InChI is InChI=1S/C23H28N4O6S/c1-24-34(30,31)14-17-8-6-16(7-9-17)13-25-22(28)5-4-10-27-15-26-19-12-21(33-3)20(32-2)11-18(19)23(27)29/h6-9,11-12,15,24H,4-5,10,13-14H2,1-3H3,(H,25,28). The third-order valence-corrected chi connectivity index (χ3v) is 6.65. The van der Waals surface area contributed by atoms with Gasteiger partial charge in [0.15, 0.2) is 11.5 Å². The van der Waals surface area contributed by atoms with Crippen molar-refractivity contribution >= 4 is 26.8 Å². The first-order valence-corrected chi connectivity index (χ1v) is 12.3. The molecule has 0 aliphatic heterocycles. The number of amides is 1. The first-order chi connectivity index (χ1) is 16.3. The molecule has 0 radical (unpaired) electrons. The van der Waals surface area contributed by atoms with Gasteiger partial charge in [0.25, 0.3) is 5.56 Å². The number of carbonyl (C=O) groups is 1. The summed E-state index contributed by atoms with van der Waals surface area (Å²) in [5, 5.41) is 3.25. The number of hydrogen-bond acceptors (Lipinski definition) is 7. The topological polar surface area (TPSA) is 129 Å². The predicted octanol–water partition coefficient (Wildman–Crippen LogP) is 1.56. The van der Waals surface area contributed by atoms with E-state index in [4.69, 9.17) is 9.47 Å². The summed E-state index contributed by atoms with van der Waals surface area (Å²) in [5.74, 6) is 0.700. The zero-order valence-electron chi connectivity index (χ0n) is 19.3. The number of ether oxygens (including phenoxy) is 2. The highest BCUT2D eigenvalue weighted by atomic mass is 32.2. The van der Waals surface area contributed by atoms with Crippen molar-refractivity contribution in [3.05, 3.63) is 64.2 Å². The maximum atomic E-state index is 12.8. The number of aromatic nitrogens is 2. The van der Waals surface area contributed by atoms with Crippen molar-refractivity contribution < 1.29 is 22.7 Å². The van der Waals surface area contributed by atoms with Crippen LogP contribution in [0.3, 0.4) is 0 Å². The molecular formula is C23H28N4O6S. The Bertz CT molecular complexity index is 1320. The molecule has 34 heavy (non-hydrogen) atoms. The number of nitrogens with one attached hydrogen (secondary N) is 2. The Morgan fingerprint density at radius 3 is 2.35 bits per heavy atom. The van der Waals surface area contributed by atoms with E-state index < -0.39 is 10.0 Å². The summed E-state index contributed by atoms with van der Waals surface area (Å²) in [5.41, 5.74) is 1.81. The molecule has 11 heteroatoms. The first-order valence-electron chi connectivity index (χ1n) is 10.6. The van der Waals surface area contributed by atoms with Crippen LogP contribution in [0, 0.1) is 0 Å². The largest absolute Gasteiger partial charge is 0.493 e. The van der Waals surface area contributed by atoms with Gasteiger partial charge in [-0.05, 0) is 30.7 Å². The zero-order valence-corrected chi connectivity index (χ0v) is 20.1. The van der Waals surface area contributed by atoms with Gasteiger partial charge in [-0.2, -0.15) is 0 Å². The van der Waals surface area contributed by atoms with Gasteiger partial charge in [-0.25, -0.2) is 18.1 Å². The van der Waals surface area contributed by atoms with Crippen LogP contribution in [0.5, 0.6) is 11.5 Å². The molecule has 0 aliphatic rings. The maximum absolute atomic E-state index is 12.8. The number of nitrogens with zero attached hydrogens (tertiary/aromatic N) is 2. The number of hydrogen-bond donors (Lipinski definition) is 2. The predicted molar refractivity (Wildman–Crippen MR) is 128 cm³/mol. The SMILES string of the molecule is CNS(=O)(=O)Cc1ccc(CNC(=O)CCCn2cnc3cc(OC)c(OC)cc3c2=O)cc1. The Morgan fingerprint density at radius 1 is 1.06 bits per heavy atom.